The van der Waals surface area contributed by atoms with Gasteiger partial charge in [0.2, 0.25) is 0 Å². The quantitative estimate of drug-likeness (QED) is 0.0675. The number of carbonyl (C=O) groups is 1. The third kappa shape index (κ3) is 9.18. The second-order valence-electron chi connectivity index (χ2n) is 12.3. The van der Waals surface area contributed by atoms with Gasteiger partial charge in [-0.05, 0) is 87.1 Å². The molecule has 1 heterocycles. The van der Waals surface area contributed by atoms with Crippen LogP contribution in [0.3, 0.4) is 0 Å². The van der Waals surface area contributed by atoms with Crippen molar-refractivity contribution in [1.29, 1.82) is 5.41 Å². The fourth-order valence-electron chi connectivity index (χ4n) is 4.71. The molecule has 7 N–H and O–H groups in total. The molecule has 3 aromatic rings. The molecule has 2 unspecified atom stereocenters. The number of amides is 1. The number of anilines is 1. The third-order valence-electron chi connectivity index (χ3n) is 7.57. The van der Waals surface area contributed by atoms with Crippen LogP contribution >= 0.6 is 0 Å². The molecule has 1 aromatic heterocycles. The van der Waals surface area contributed by atoms with E-state index in [2.05, 4.69) is 20.0 Å². The Hall–Kier alpha value is -4.27. The van der Waals surface area contributed by atoms with Gasteiger partial charge in [0.1, 0.15) is 33.3 Å². The molecule has 0 bridgehead atoms. The largest absolute Gasteiger partial charge is 0.598 e. The Balaban J connectivity index is 1.81. The second-order valence-corrected chi connectivity index (χ2v) is 14.3. The number of hydrogen-bond donors (Lipinski definition) is 5. The van der Waals surface area contributed by atoms with Gasteiger partial charge in [-0.15, -0.1) is 4.72 Å². The van der Waals surface area contributed by atoms with Crippen LogP contribution in [0.25, 0.3) is 0 Å². The van der Waals surface area contributed by atoms with Gasteiger partial charge in [0, 0.05) is 29.3 Å². The number of pyridine rings is 1. The van der Waals surface area contributed by atoms with E-state index in [0.717, 1.165) is 25.3 Å². The highest BCUT2D eigenvalue weighted by molar-refractivity contribution is 7.90. The summed E-state index contributed by atoms with van der Waals surface area (Å²) in [5.41, 5.74) is 8.25. The lowest BCUT2D eigenvalue weighted by molar-refractivity contribution is -0.110. The molecule has 0 spiro atoms. The van der Waals surface area contributed by atoms with Gasteiger partial charge in [0.05, 0.1) is 11.4 Å². The number of aliphatic imine (C=N–C) groups is 1. The first-order valence-electron chi connectivity index (χ1n) is 14.8. The Morgan fingerprint density at radius 3 is 2.43 bits per heavy atom. The Kier molecular flexibility index (Phi) is 10.8. The minimum absolute atomic E-state index is 0.00725. The van der Waals surface area contributed by atoms with Gasteiger partial charge in [0.25, 0.3) is 5.91 Å². The van der Waals surface area contributed by atoms with E-state index in [-0.39, 0.29) is 22.8 Å². The molecule has 9 nitrogen and oxygen atoms in total. The zero-order valence-corrected chi connectivity index (χ0v) is 26.9. The number of nitrogens with one attached hydrogen (secondary N) is 3. The van der Waals surface area contributed by atoms with Crippen molar-refractivity contribution in [3.05, 3.63) is 101 Å². The number of amidine groups is 1. The maximum atomic E-state index is 15.4. The van der Waals surface area contributed by atoms with E-state index in [9.17, 15) is 22.5 Å². The first-order valence-corrected chi connectivity index (χ1v) is 15.9. The number of halogens is 4. The van der Waals surface area contributed by atoms with E-state index in [1.54, 1.807) is 18.5 Å². The number of hydrogen-bond acceptors (Lipinski definition) is 7. The number of benzene rings is 2. The Bertz CT molecular complexity index is 1670. The normalized spacial score (nSPS) is 16.3. The summed E-state index contributed by atoms with van der Waals surface area (Å²) in [6.07, 6.45) is 1.94. The van der Waals surface area contributed by atoms with E-state index in [0.29, 0.717) is 29.5 Å². The van der Waals surface area contributed by atoms with Gasteiger partial charge in [0.15, 0.2) is 0 Å². The molecule has 0 radical (unpaired) electrons. The summed E-state index contributed by atoms with van der Waals surface area (Å²) in [5, 5.41) is 9.98. The van der Waals surface area contributed by atoms with Crippen LogP contribution in [0.2, 0.25) is 0 Å². The summed E-state index contributed by atoms with van der Waals surface area (Å²) in [6, 6.07) is 13.2. The highest BCUT2D eigenvalue weighted by atomic mass is 32.2. The molecule has 47 heavy (non-hydrogen) atoms. The SMILES string of the molecule is CC(C)(C)[S+]([O-])NC(CCC1CC1)(c1cccnc1)c1ccc(F)c(NC(=O)C(C=C(N)C(F)(F)F)=Nc2cccc(C(=N)N)c2)c1. The average molecular weight is 672 g/mol. The van der Waals surface area contributed by atoms with E-state index in [1.807, 2.05) is 26.8 Å². The van der Waals surface area contributed by atoms with Gasteiger partial charge in [-0.3, -0.25) is 15.2 Å². The van der Waals surface area contributed by atoms with Crippen molar-refractivity contribution in [1.82, 2.24) is 9.71 Å². The molecule has 2 atom stereocenters. The zero-order valence-electron chi connectivity index (χ0n) is 26.1. The van der Waals surface area contributed by atoms with Crippen LogP contribution in [0.1, 0.15) is 63.1 Å². The number of nitrogens with zero attached hydrogens (tertiary/aromatic N) is 2. The number of carbonyl (C=O) groups excluding carboxylic acids is 1. The smallest absolute Gasteiger partial charge is 0.430 e. The molecule has 1 aliphatic carbocycles. The Morgan fingerprint density at radius 1 is 1.11 bits per heavy atom. The van der Waals surface area contributed by atoms with Crippen LogP contribution in [0.15, 0.2) is 83.8 Å². The molecule has 0 saturated heterocycles. The zero-order chi connectivity index (χ0) is 34.6. The van der Waals surface area contributed by atoms with Gasteiger partial charge in [-0.2, -0.15) is 13.2 Å². The minimum Gasteiger partial charge on any atom is -0.598 e. The number of allylic oxidation sites excluding steroid dienone is 1. The monoisotopic (exact) mass is 671 g/mol. The summed E-state index contributed by atoms with van der Waals surface area (Å²) in [7, 11) is 0. The molecule has 0 aliphatic heterocycles. The highest BCUT2D eigenvalue weighted by Gasteiger charge is 2.43. The van der Waals surface area contributed by atoms with Gasteiger partial charge in [-0.1, -0.05) is 37.1 Å². The van der Waals surface area contributed by atoms with Crippen LogP contribution in [0.5, 0.6) is 0 Å². The first kappa shape index (κ1) is 35.6. The van der Waals surface area contributed by atoms with Crippen LogP contribution in [-0.2, 0) is 21.7 Å². The van der Waals surface area contributed by atoms with Crippen molar-refractivity contribution >= 4 is 40.2 Å². The predicted octanol–water partition coefficient (Wildman–Crippen LogP) is 6.11. The van der Waals surface area contributed by atoms with Crippen molar-refractivity contribution in [3.63, 3.8) is 0 Å². The van der Waals surface area contributed by atoms with E-state index < -0.39 is 51.0 Å². The lowest BCUT2D eigenvalue weighted by Gasteiger charge is -2.38. The number of alkyl halides is 3. The van der Waals surface area contributed by atoms with Crippen molar-refractivity contribution in [2.45, 2.75) is 62.9 Å². The van der Waals surface area contributed by atoms with Crippen LogP contribution in [-0.4, -0.2) is 37.9 Å². The molecular weight excluding hydrogens is 634 g/mol. The number of nitrogen functional groups attached to an aromatic ring is 1. The number of aromatic nitrogens is 1. The summed E-state index contributed by atoms with van der Waals surface area (Å²) >= 11 is -1.61. The summed E-state index contributed by atoms with van der Waals surface area (Å²) in [5.74, 6) is -1.90. The Labute approximate surface area is 273 Å². The third-order valence-corrected chi connectivity index (χ3v) is 9.21. The van der Waals surface area contributed by atoms with Gasteiger partial charge >= 0.3 is 6.18 Å². The summed E-state index contributed by atoms with van der Waals surface area (Å²) < 4.78 is 71.9. The fourth-order valence-corrected chi connectivity index (χ4v) is 5.67. The van der Waals surface area contributed by atoms with Crippen molar-refractivity contribution in [2.24, 2.45) is 22.4 Å². The highest BCUT2D eigenvalue weighted by Crippen LogP contribution is 2.43. The predicted molar refractivity (Wildman–Crippen MR) is 176 cm³/mol. The van der Waals surface area contributed by atoms with Crippen LogP contribution < -0.4 is 21.5 Å². The number of rotatable bonds is 12. The summed E-state index contributed by atoms with van der Waals surface area (Å²) in [4.78, 5) is 21.8. The van der Waals surface area contributed by atoms with Crippen LogP contribution in [0.4, 0.5) is 28.9 Å². The average Bonchev–Trinajstić information content (AvgIpc) is 3.84. The molecule has 2 aromatic carbocycles. The van der Waals surface area contributed by atoms with Crippen molar-refractivity contribution in [2.75, 3.05) is 5.32 Å². The standard InChI is InChI=1S/C33H37F4N7O2S/c1-31(2,3)47(46)44-32(14-13-20-9-10-20,23-7-5-15-41-19-23)22-11-12-25(34)26(17-22)43-30(45)27(18-28(38)33(35,36)37)42-24-8-4-6-21(16-24)29(39)40/h4-8,11-12,15-20,44H,9-10,13-14,38H2,1-3H3,(H3,39,40)(H,43,45). The maximum Gasteiger partial charge on any atom is 0.430 e. The summed E-state index contributed by atoms with van der Waals surface area (Å²) in [6.45, 7) is 5.44. The molecule has 4 rings (SSSR count). The minimum atomic E-state index is -4.98. The topological polar surface area (TPSA) is 165 Å². The molecule has 14 heteroatoms. The lowest BCUT2D eigenvalue weighted by atomic mass is 9.80. The van der Waals surface area contributed by atoms with E-state index >= 15 is 4.39 Å². The molecule has 1 fully saturated rings. The fraction of sp³-hybridized carbons (Fsp3) is 0.333. The first-order chi connectivity index (χ1) is 22.0. The van der Waals surface area contributed by atoms with Gasteiger partial charge < -0.3 is 21.3 Å². The molecule has 1 amide bonds. The van der Waals surface area contributed by atoms with Crippen LogP contribution in [0, 0.1) is 17.1 Å². The number of nitrogens with two attached hydrogens (primary N) is 2. The molecule has 250 valence electrons. The Morgan fingerprint density at radius 2 is 1.83 bits per heavy atom. The van der Waals surface area contributed by atoms with E-state index in [4.69, 9.17) is 16.9 Å². The molecule has 1 aliphatic rings. The lowest BCUT2D eigenvalue weighted by Crippen LogP contribution is -2.52. The second kappa shape index (κ2) is 14.2. The van der Waals surface area contributed by atoms with Crippen molar-refractivity contribution in [3.8, 4) is 0 Å². The van der Waals surface area contributed by atoms with Gasteiger partial charge in [-0.25, -0.2) is 9.38 Å². The molecular formula is C33H37F4N7O2S. The molecule has 1 saturated carbocycles. The van der Waals surface area contributed by atoms with Crippen molar-refractivity contribution < 1.29 is 26.9 Å². The van der Waals surface area contributed by atoms with E-state index in [1.165, 1.54) is 36.4 Å². The maximum absolute atomic E-state index is 15.4.